The summed E-state index contributed by atoms with van der Waals surface area (Å²) in [6.45, 7) is 3.13. The van der Waals surface area contributed by atoms with Gasteiger partial charge in [-0.1, -0.05) is 23.7 Å². The maximum Gasteiger partial charge on any atom is 0.255 e. The highest BCUT2D eigenvalue weighted by Gasteiger charge is 2.39. The highest BCUT2D eigenvalue weighted by molar-refractivity contribution is 6.34. The predicted molar refractivity (Wildman–Crippen MR) is 209 cm³/mol. The molecule has 17 nitrogen and oxygen atoms in total. The van der Waals surface area contributed by atoms with Crippen molar-refractivity contribution in [2.24, 2.45) is 0 Å². The Hall–Kier alpha value is -6.33. The molecule has 0 spiro atoms. The van der Waals surface area contributed by atoms with Gasteiger partial charge < -0.3 is 34.6 Å². The molecule has 1 unspecified atom stereocenters. The number of hydrogen-bond acceptors (Lipinski definition) is 12. The van der Waals surface area contributed by atoms with E-state index in [9.17, 15) is 19.2 Å². The molecular weight excluding hydrogens is 754 g/mol. The minimum absolute atomic E-state index is 0.176. The van der Waals surface area contributed by atoms with E-state index in [1.807, 2.05) is 22.8 Å². The van der Waals surface area contributed by atoms with Gasteiger partial charge in [-0.25, -0.2) is 9.97 Å². The molecule has 57 heavy (non-hydrogen) atoms. The van der Waals surface area contributed by atoms with Crippen LogP contribution in [0.4, 0.5) is 17.5 Å². The van der Waals surface area contributed by atoms with Gasteiger partial charge in [0, 0.05) is 44.1 Å². The number of carbonyl (C=O) groups excluding carboxylic acids is 4. The van der Waals surface area contributed by atoms with Crippen LogP contribution in [0.25, 0.3) is 27.9 Å². The number of amides is 4. The first kappa shape index (κ1) is 36.3. The largest absolute Gasteiger partial charge is 0.470 e. The molecule has 1 atom stereocenters. The summed E-state index contributed by atoms with van der Waals surface area (Å²) >= 11 is 6.62. The standard InChI is InChI=1S/C39H38ClN11O6/c40-26-16-28-29(44-31(43-28)18-41-35-34-36(51(21-42-34)23-10-13-57-20-23)48-39(47-35)49-11-14-56-15-12-49)17-27(26)45-32(52)7-2-1-4-22-5-3-6-24-25(22)19-50(38(24)55)30-8-9-33(53)46-37(30)54/h3,5-6,10,13,16-17,20-21,30H,1-2,4,7-9,11-12,14-15,18-19H2,(H,43,44)(H,45,52)(H,41,47,48)(H,46,53,54). The van der Waals surface area contributed by atoms with Crippen molar-refractivity contribution < 1.29 is 28.3 Å². The number of aryl methyl sites for hydroxylation is 1. The number of morpholine rings is 1. The average molecular weight is 792 g/mol. The summed E-state index contributed by atoms with van der Waals surface area (Å²) in [4.78, 5) is 76.3. The Morgan fingerprint density at radius 3 is 2.75 bits per heavy atom. The Morgan fingerprint density at radius 1 is 1.05 bits per heavy atom. The number of piperidine rings is 1. The van der Waals surface area contributed by atoms with Crippen LogP contribution < -0.4 is 20.9 Å². The maximum atomic E-state index is 13.2. The normalized spacial score (nSPS) is 17.1. The third-order valence-corrected chi connectivity index (χ3v) is 10.9. The number of ether oxygens (including phenoxy) is 1. The Labute approximate surface area is 330 Å². The van der Waals surface area contributed by atoms with Crippen LogP contribution in [-0.2, 0) is 38.6 Å². The fourth-order valence-electron chi connectivity index (χ4n) is 7.63. The van der Waals surface area contributed by atoms with Gasteiger partial charge in [0.1, 0.15) is 24.5 Å². The maximum absolute atomic E-state index is 13.2. The lowest BCUT2D eigenvalue weighted by Crippen LogP contribution is -2.52. The Morgan fingerprint density at radius 2 is 1.93 bits per heavy atom. The summed E-state index contributed by atoms with van der Waals surface area (Å²) in [5, 5.41) is 9.04. The van der Waals surface area contributed by atoms with Gasteiger partial charge in [-0.3, -0.25) is 29.1 Å². The van der Waals surface area contributed by atoms with E-state index in [-0.39, 0.29) is 30.6 Å². The van der Waals surface area contributed by atoms with E-state index < -0.39 is 11.9 Å². The highest BCUT2D eigenvalue weighted by Crippen LogP contribution is 2.32. The second kappa shape index (κ2) is 15.3. The summed E-state index contributed by atoms with van der Waals surface area (Å²) in [6.07, 6.45) is 7.72. The zero-order chi connectivity index (χ0) is 39.0. The molecule has 292 valence electrons. The van der Waals surface area contributed by atoms with Crippen LogP contribution in [0.15, 0.2) is 59.7 Å². The van der Waals surface area contributed by atoms with E-state index >= 15 is 0 Å². The van der Waals surface area contributed by atoms with E-state index in [1.54, 1.807) is 42.0 Å². The molecule has 0 radical (unpaired) electrons. The van der Waals surface area contributed by atoms with Crippen LogP contribution in [0.2, 0.25) is 5.02 Å². The molecule has 0 saturated carbocycles. The number of carbonyl (C=O) groups is 4. The first-order chi connectivity index (χ1) is 27.8. The number of unbranched alkanes of at least 4 members (excludes halogenated alkanes) is 1. The smallest absolute Gasteiger partial charge is 0.255 e. The minimum Gasteiger partial charge on any atom is -0.470 e. The molecule has 7 heterocycles. The van der Waals surface area contributed by atoms with E-state index in [4.69, 9.17) is 35.7 Å². The summed E-state index contributed by atoms with van der Waals surface area (Å²) in [7, 11) is 0. The number of fused-ring (bicyclic) bond motifs is 3. The van der Waals surface area contributed by atoms with Crippen LogP contribution in [0.3, 0.4) is 0 Å². The van der Waals surface area contributed by atoms with Gasteiger partial charge in [-0.15, -0.1) is 0 Å². The quantitative estimate of drug-likeness (QED) is 0.0999. The lowest BCUT2D eigenvalue weighted by molar-refractivity contribution is -0.137. The van der Waals surface area contributed by atoms with Crippen LogP contribution in [0.1, 0.15) is 59.4 Å². The zero-order valence-electron chi connectivity index (χ0n) is 30.7. The van der Waals surface area contributed by atoms with Gasteiger partial charge >= 0.3 is 0 Å². The van der Waals surface area contributed by atoms with E-state index in [0.29, 0.717) is 115 Å². The van der Waals surface area contributed by atoms with Crippen molar-refractivity contribution >= 4 is 74.9 Å². The molecule has 3 aliphatic heterocycles. The highest BCUT2D eigenvalue weighted by atomic mass is 35.5. The van der Waals surface area contributed by atoms with Crippen LogP contribution in [0, 0.1) is 0 Å². The summed E-state index contributed by atoms with van der Waals surface area (Å²) in [5.41, 5.74) is 6.32. The molecule has 4 amide bonds. The third kappa shape index (κ3) is 7.26. The second-order valence-electron chi connectivity index (χ2n) is 14.2. The number of hydrogen-bond donors (Lipinski definition) is 4. The molecule has 2 saturated heterocycles. The summed E-state index contributed by atoms with van der Waals surface area (Å²) in [6, 6.07) is 10.3. The van der Waals surface area contributed by atoms with Crippen LogP contribution in [0.5, 0.6) is 0 Å². The molecular formula is C39H38ClN11O6. The molecule has 4 aromatic heterocycles. The van der Waals surface area contributed by atoms with Gasteiger partial charge in [-0.2, -0.15) is 9.97 Å². The number of H-pyrrole nitrogens is 1. The fraction of sp³-hybridized carbons (Fsp3) is 0.333. The average Bonchev–Trinajstić information content (AvgIpc) is 4.03. The first-order valence-electron chi connectivity index (χ1n) is 18.9. The molecule has 2 aromatic carbocycles. The lowest BCUT2D eigenvalue weighted by atomic mass is 9.98. The topological polar surface area (TPSA) is 206 Å². The molecule has 0 aliphatic carbocycles. The van der Waals surface area contributed by atoms with E-state index in [2.05, 4.69) is 30.8 Å². The number of nitrogens with zero attached hydrogens (tertiary/aromatic N) is 7. The van der Waals surface area contributed by atoms with Gasteiger partial charge in [0.25, 0.3) is 5.91 Å². The van der Waals surface area contributed by atoms with Gasteiger partial charge in [0.05, 0.1) is 53.5 Å². The van der Waals surface area contributed by atoms with Crippen molar-refractivity contribution in [1.82, 2.24) is 39.7 Å². The predicted octanol–water partition coefficient (Wildman–Crippen LogP) is 4.50. The van der Waals surface area contributed by atoms with Crippen LogP contribution in [-0.4, -0.2) is 90.4 Å². The molecule has 2 fully saturated rings. The number of imide groups is 1. The fourth-order valence-corrected chi connectivity index (χ4v) is 7.84. The minimum atomic E-state index is -0.662. The SMILES string of the molecule is O=C1CCC(N2Cc3c(CCCCC(=O)Nc4cc5nc(CNc6nc(N7CCOCC7)nc7c6ncn7-c6ccoc6)[nH]c5cc4Cl)cccc3C2=O)C(=O)N1. The first-order valence-corrected chi connectivity index (χ1v) is 19.2. The molecule has 9 rings (SSSR count). The Balaban J connectivity index is 0.825. The van der Waals surface area contributed by atoms with Gasteiger partial charge in [0.2, 0.25) is 23.7 Å². The number of nitrogens with one attached hydrogen (secondary N) is 4. The lowest BCUT2D eigenvalue weighted by Gasteiger charge is -2.29. The Kier molecular flexibility index (Phi) is 9.75. The Bertz CT molecular complexity index is 2530. The van der Waals surface area contributed by atoms with E-state index in [0.717, 1.165) is 23.2 Å². The van der Waals surface area contributed by atoms with Crippen molar-refractivity contribution in [3.05, 3.63) is 82.8 Å². The number of furan rings is 1. The van der Waals surface area contributed by atoms with Gasteiger partial charge in [-0.05, 0) is 55.0 Å². The summed E-state index contributed by atoms with van der Waals surface area (Å²) in [5.74, 6) is 0.623. The van der Waals surface area contributed by atoms with Crippen LogP contribution >= 0.6 is 11.6 Å². The zero-order valence-corrected chi connectivity index (χ0v) is 31.5. The number of anilines is 3. The van der Waals surface area contributed by atoms with E-state index in [1.165, 1.54) is 0 Å². The molecule has 3 aliphatic rings. The number of halogens is 1. The molecule has 4 N–H and O–H groups in total. The van der Waals surface area contributed by atoms with Crippen molar-refractivity contribution in [2.75, 3.05) is 41.8 Å². The molecule has 18 heteroatoms. The molecule has 6 aromatic rings. The van der Waals surface area contributed by atoms with Crippen molar-refractivity contribution in [3.63, 3.8) is 0 Å². The molecule has 0 bridgehead atoms. The number of benzene rings is 2. The monoisotopic (exact) mass is 791 g/mol. The third-order valence-electron chi connectivity index (χ3n) is 10.6. The second-order valence-corrected chi connectivity index (χ2v) is 14.6. The van der Waals surface area contributed by atoms with Gasteiger partial charge in [0.15, 0.2) is 17.0 Å². The number of aromatic nitrogens is 6. The van der Waals surface area contributed by atoms with Crippen molar-refractivity contribution in [3.8, 4) is 5.69 Å². The number of imidazole rings is 2. The summed E-state index contributed by atoms with van der Waals surface area (Å²) < 4.78 is 12.7. The number of rotatable bonds is 12. The van der Waals surface area contributed by atoms with Crippen molar-refractivity contribution in [1.29, 1.82) is 0 Å². The number of aromatic amines is 1. The van der Waals surface area contributed by atoms with Crippen molar-refractivity contribution in [2.45, 2.75) is 57.7 Å².